The molecular formula is C15H15ClN4O. The van der Waals surface area contributed by atoms with E-state index in [4.69, 9.17) is 11.6 Å². The van der Waals surface area contributed by atoms with E-state index in [1.54, 1.807) is 6.07 Å². The lowest BCUT2D eigenvalue weighted by Crippen LogP contribution is -2.25. The van der Waals surface area contributed by atoms with Gasteiger partial charge in [-0.3, -0.25) is 4.79 Å². The highest BCUT2D eigenvalue weighted by atomic mass is 35.5. The molecule has 21 heavy (non-hydrogen) atoms. The zero-order valence-corrected chi connectivity index (χ0v) is 12.3. The van der Waals surface area contributed by atoms with E-state index in [2.05, 4.69) is 20.6 Å². The minimum Gasteiger partial charge on any atom is -0.349 e. The van der Waals surface area contributed by atoms with Gasteiger partial charge < -0.3 is 10.6 Å². The summed E-state index contributed by atoms with van der Waals surface area (Å²) in [5.41, 5.74) is 2.36. The minimum absolute atomic E-state index is 0.119. The van der Waals surface area contributed by atoms with E-state index in [0.29, 0.717) is 22.6 Å². The molecule has 2 aromatic rings. The topological polar surface area (TPSA) is 66.9 Å². The third kappa shape index (κ3) is 3.49. The van der Waals surface area contributed by atoms with Gasteiger partial charge in [0.05, 0.1) is 5.56 Å². The van der Waals surface area contributed by atoms with Crippen LogP contribution in [0.5, 0.6) is 0 Å². The van der Waals surface area contributed by atoms with E-state index in [9.17, 15) is 4.79 Å². The van der Waals surface area contributed by atoms with Gasteiger partial charge in [-0.15, -0.1) is 0 Å². The van der Waals surface area contributed by atoms with E-state index in [1.165, 1.54) is 12.4 Å². The Hall–Kier alpha value is -2.14. The Balaban J connectivity index is 1.70. The maximum absolute atomic E-state index is 11.8. The molecule has 0 radical (unpaired) electrons. The van der Waals surface area contributed by atoms with Crippen molar-refractivity contribution in [2.45, 2.75) is 25.8 Å². The Kier molecular flexibility index (Phi) is 3.75. The fraction of sp³-hybridized carbons (Fsp3) is 0.267. The van der Waals surface area contributed by atoms with Crippen molar-refractivity contribution in [2.75, 3.05) is 5.32 Å². The lowest BCUT2D eigenvalue weighted by atomic mass is 10.2. The van der Waals surface area contributed by atoms with Gasteiger partial charge in [-0.05, 0) is 43.5 Å². The van der Waals surface area contributed by atoms with Crippen LogP contribution in [0.3, 0.4) is 0 Å². The summed E-state index contributed by atoms with van der Waals surface area (Å²) in [4.78, 5) is 20.2. The summed E-state index contributed by atoms with van der Waals surface area (Å²) in [5, 5.41) is 6.69. The molecule has 1 amide bonds. The van der Waals surface area contributed by atoms with Crippen molar-refractivity contribution >= 4 is 29.1 Å². The Morgan fingerprint density at radius 3 is 2.62 bits per heavy atom. The number of nitrogens with one attached hydrogen (secondary N) is 2. The number of carbonyl (C=O) groups excluding carboxylic acids is 1. The van der Waals surface area contributed by atoms with Gasteiger partial charge in [0.1, 0.15) is 0 Å². The predicted octanol–water partition coefficient (Wildman–Crippen LogP) is 3.07. The highest BCUT2D eigenvalue weighted by Gasteiger charge is 2.23. The molecule has 5 nitrogen and oxygen atoms in total. The van der Waals surface area contributed by atoms with Gasteiger partial charge in [0.25, 0.3) is 5.91 Å². The number of amides is 1. The Bertz CT molecular complexity index is 668. The van der Waals surface area contributed by atoms with E-state index < -0.39 is 0 Å². The summed E-state index contributed by atoms with van der Waals surface area (Å²) in [6.45, 7) is 1.95. The average molecular weight is 303 g/mol. The molecule has 0 saturated heterocycles. The zero-order valence-electron chi connectivity index (χ0n) is 11.6. The van der Waals surface area contributed by atoms with Crippen molar-refractivity contribution in [2.24, 2.45) is 0 Å². The molecule has 0 unspecified atom stereocenters. The first kappa shape index (κ1) is 13.8. The lowest BCUT2D eigenvalue weighted by molar-refractivity contribution is 0.0950. The summed E-state index contributed by atoms with van der Waals surface area (Å²) in [7, 11) is 0. The normalized spacial score (nSPS) is 13.8. The summed E-state index contributed by atoms with van der Waals surface area (Å²) < 4.78 is 0. The molecular weight excluding hydrogens is 288 g/mol. The van der Waals surface area contributed by atoms with Crippen LogP contribution in [0, 0.1) is 6.92 Å². The molecule has 3 rings (SSSR count). The quantitative estimate of drug-likeness (QED) is 0.911. The van der Waals surface area contributed by atoms with Crippen molar-refractivity contribution in [1.82, 2.24) is 15.3 Å². The van der Waals surface area contributed by atoms with Crippen molar-refractivity contribution < 1.29 is 4.79 Å². The third-order valence-electron chi connectivity index (χ3n) is 3.26. The van der Waals surface area contributed by atoms with Crippen LogP contribution in [-0.4, -0.2) is 21.9 Å². The number of rotatable bonds is 4. The van der Waals surface area contributed by atoms with Crippen LogP contribution in [0.25, 0.3) is 0 Å². The molecule has 1 fully saturated rings. The smallest absolute Gasteiger partial charge is 0.254 e. The maximum atomic E-state index is 11.8. The summed E-state index contributed by atoms with van der Waals surface area (Å²) in [5.74, 6) is 0.329. The van der Waals surface area contributed by atoms with Gasteiger partial charge in [-0.1, -0.05) is 11.6 Å². The molecule has 2 N–H and O–H groups in total. The molecule has 0 aliphatic heterocycles. The van der Waals surface area contributed by atoms with Gasteiger partial charge in [-0.2, -0.15) is 0 Å². The number of hydrogen-bond donors (Lipinski definition) is 2. The molecule has 108 valence electrons. The number of hydrogen-bond acceptors (Lipinski definition) is 4. The van der Waals surface area contributed by atoms with Crippen LogP contribution in [-0.2, 0) is 0 Å². The van der Waals surface area contributed by atoms with E-state index in [-0.39, 0.29) is 5.91 Å². The highest BCUT2D eigenvalue weighted by molar-refractivity contribution is 6.30. The summed E-state index contributed by atoms with van der Waals surface area (Å²) in [6.07, 6.45) is 5.17. The van der Waals surface area contributed by atoms with Crippen molar-refractivity contribution in [3.63, 3.8) is 0 Å². The number of aryl methyl sites for hydroxylation is 1. The zero-order chi connectivity index (χ0) is 14.8. The number of anilines is 2. The number of nitrogens with zero attached hydrogens (tertiary/aromatic N) is 2. The van der Waals surface area contributed by atoms with Crippen LogP contribution in [0.1, 0.15) is 28.8 Å². The first-order chi connectivity index (χ1) is 10.1. The maximum Gasteiger partial charge on any atom is 0.254 e. The lowest BCUT2D eigenvalue weighted by Gasteiger charge is -2.08. The second kappa shape index (κ2) is 5.69. The van der Waals surface area contributed by atoms with E-state index >= 15 is 0 Å². The average Bonchev–Trinajstić information content (AvgIpc) is 3.26. The molecule has 0 atom stereocenters. The minimum atomic E-state index is -0.119. The highest BCUT2D eigenvalue weighted by Crippen LogP contribution is 2.22. The van der Waals surface area contributed by atoms with Crippen LogP contribution in [0.15, 0.2) is 30.6 Å². The Morgan fingerprint density at radius 1 is 1.29 bits per heavy atom. The largest absolute Gasteiger partial charge is 0.349 e. The second-order valence-corrected chi connectivity index (χ2v) is 5.56. The second-order valence-electron chi connectivity index (χ2n) is 5.13. The van der Waals surface area contributed by atoms with Gasteiger partial charge in [0.15, 0.2) is 0 Å². The van der Waals surface area contributed by atoms with Crippen molar-refractivity contribution in [1.29, 1.82) is 0 Å². The molecule has 6 heteroatoms. The molecule has 1 aromatic heterocycles. The molecule has 1 aliphatic carbocycles. The predicted molar refractivity (Wildman–Crippen MR) is 82.0 cm³/mol. The molecule has 1 aliphatic rings. The first-order valence-corrected chi connectivity index (χ1v) is 7.16. The van der Waals surface area contributed by atoms with Gasteiger partial charge in [0.2, 0.25) is 5.95 Å². The molecule has 0 spiro atoms. The Morgan fingerprint density at radius 2 is 2.00 bits per heavy atom. The molecule has 1 aromatic carbocycles. The fourth-order valence-corrected chi connectivity index (χ4v) is 2.12. The third-order valence-corrected chi connectivity index (χ3v) is 3.50. The van der Waals surface area contributed by atoms with Crippen LogP contribution in [0.4, 0.5) is 11.6 Å². The first-order valence-electron chi connectivity index (χ1n) is 6.78. The van der Waals surface area contributed by atoms with Crippen molar-refractivity contribution in [3.05, 3.63) is 46.7 Å². The fourth-order valence-electron chi connectivity index (χ4n) is 1.89. The van der Waals surface area contributed by atoms with Crippen LogP contribution < -0.4 is 10.6 Å². The number of carbonyl (C=O) groups is 1. The number of benzene rings is 1. The van der Waals surface area contributed by atoms with Gasteiger partial charge >= 0.3 is 0 Å². The number of halogens is 1. The van der Waals surface area contributed by atoms with Crippen molar-refractivity contribution in [3.8, 4) is 0 Å². The summed E-state index contributed by atoms with van der Waals surface area (Å²) in [6, 6.07) is 5.86. The molecule has 1 heterocycles. The summed E-state index contributed by atoms with van der Waals surface area (Å²) >= 11 is 5.92. The molecule has 0 bridgehead atoms. The van der Waals surface area contributed by atoms with Gasteiger partial charge in [0, 0.05) is 29.1 Å². The van der Waals surface area contributed by atoms with Gasteiger partial charge in [-0.25, -0.2) is 9.97 Å². The van der Waals surface area contributed by atoms with E-state index in [0.717, 1.165) is 24.1 Å². The number of aromatic nitrogens is 2. The van der Waals surface area contributed by atoms with Crippen LogP contribution >= 0.6 is 11.6 Å². The van der Waals surface area contributed by atoms with E-state index in [1.807, 2.05) is 19.1 Å². The Labute approximate surface area is 127 Å². The standard InChI is InChI=1S/C15H15ClN4O/c1-9-6-11(16)2-5-13(9)20-15-17-7-10(8-18-15)14(21)19-12-3-4-12/h2,5-8,12H,3-4H2,1H3,(H,19,21)(H,17,18,20). The van der Waals surface area contributed by atoms with Crippen LogP contribution in [0.2, 0.25) is 5.02 Å². The monoisotopic (exact) mass is 302 g/mol. The molecule has 1 saturated carbocycles. The SMILES string of the molecule is Cc1cc(Cl)ccc1Nc1ncc(C(=O)NC2CC2)cn1.